The number of halogens is 1. The summed E-state index contributed by atoms with van der Waals surface area (Å²) < 4.78 is 31.1. The van der Waals surface area contributed by atoms with Gasteiger partial charge in [-0.2, -0.15) is 0 Å². The van der Waals surface area contributed by atoms with E-state index in [2.05, 4.69) is 9.88 Å². The molecule has 0 saturated carbocycles. The molecule has 96 valence electrons. The number of nitrogens with two attached hydrogens (primary N) is 1. The van der Waals surface area contributed by atoms with E-state index >= 15 is 0 Å². The van der Waals surface area contributed by atoms with Crippen LogP contribution < -0.4 is 10.5 Å². The number of nitrogen functional groups attached to an aromatic ring is 1. The molecule has 3 N–H and O–H groups in total. The predicted molar refractivity (Wildman–Crippen MR) is 67.9 cm³/mol. The van der Waals surface area contributed by atoms with Crippen LogP contribution in [0.15, 0.2) is 33.7 Å². The van der Waals surface area contributed by atoms with Gasteiger partial charge in [-0.05, 0) is 25.1 Å². The number of sulfonamides is 1. The number of hydrogen-bond donors (Lipinski definition) is 2. The Labute approximate surface area is 109 Å². The highest BCUT2D eigenvalue weighted by Crippen LogP contribution is 2.25. The van der Waals surface area contributed by atoms with Crippen LogP contribution in [0.4, 0.5) is 11.6 Å². The number of rotatable bonds is 3. The van der Waals surface area contributed by atoms with E-state index in [1.54, 1.807) is 6.92 Å². The first-order valence-corrected chi connectivity index (χ1v) is 6.76. The smallest absolute Gasteiger partial charge is 0.265 e. The van der Waals surface area contributed by atoms with Gasteiger partial charge in [-0.3, -0.25) is 0 Å². The molecule has 0 aliphatic heterocycles. The van der Waals surface area contributed by atoms with E-state index in [4.69, 9.17) is 21.9 Å². The van der Waals surface area contributed by atoms with Gasteiger partial charge in [-0.1, -0.05) is 16.8 Å². The van der Waals surface area contributed by atoms with Crippen molar-refractivity contribution in [3.05, 3.63) is 35.0 Å². The van der Waals surface area contributed by atoms with Crippen molar-refractivity contribution in [2.75, 3.05) is 10.5 Å². The summed E-state index contributed by atoms with van der Waals surface area (Å²) in [5.41, 5.74) is 6.40. The maximum atomic E-state index is 12.0. The van der Waals surface area contributed by atoms with Crippen LogP contribution in [0.25, 0.3) is 0 Å². The molecule has 1 heterocycles. The largest absolute Gasteiger partial charge is 0.399 e. The van der Waals surface area contributed by atoms with E-state index < -0.39 is 10.0 Å². The van der Waals surface area contributed by atoms with Gasteiger partial charge in [0, 0.05) is 11.8 Å². The summed E-state index contributed by atoms with van der Waals surface area (Å²) in [5, 5.41) is 3.65. The molecule has 1 aromatic heterocycles. The molecule has 0 radical (unpaired) electrons. The van der Waals surface area contributed by atoms with Crippen LogP contribution in [0.1, 0.15) is 5.69 Å². The van der Waals surface area contributed by atoms with Crippen LogP contribution in [-0.2, 0) is 10.0 Å². The summed E-state index contributed by atoms with van der Waals surface area (Å²) in [4.78, 5) is -0.113. The maximum Gasteiger partial charge on any atom is 0.265 e. The van der Waals surface area contributed by atoms with Crippen molar-refractivity contribution in [1.29, 1.82) is 0 Å². The van der Waals surface area contributed by atoms with Crippen molar-refractivity contribution in [2.45, 2.75) is 11.8 Å². The monoisotopic (exact) mass is 287 g/mol. The molecular formula is C10H10ClN3O3S. The van der Waals surface area contributed by atoms with Gasteiger partial charge in [-0.25, -0.2) is 13.1 Å². The zero-order chi connectivity index (χ0) is 13.3. The van der Waals surface area contributed by atoms with Crippen molar-refractivity contribution in [1.82, 2.24) is 5.16 Å². The SMILES string of the molecule is Cc1cc(NS(=O)(=O)c2cc(N)ccc2Cl)on1. The third-order valence-corrected chi connectivity index (χ3v) is 3.94. The third kappa shape index (κ3) is 2.57. The van der Waals surface area contributed by atoms with Gasteiger partial charge < -0.3 is 10.3 Å². The lowest BCUT2D eigenvalue weighted by Gasteiger charge is -2.07. The van der Waals surface area contributed by atoms with Crippen molar-refractivity contribution >= 4 is 33.2 Å². The van der Waals surface area contributed by atoms with Crippen LogP contribution >= 0.6 is 11.6 Å². The maximum absolute atomic E-state index is 12.0. The molecular weight excluding hydrogens is 278 g/mol. The van der Waals surface area contributed by atoms with E-state index in [-0.39, 0.29) is 15.8 Å². The summed E-state index contributed by atoms with van der Waals surface area (Å²) in [7, 11) is -3.85. The second kappa shape index (κ2) is 4.51. The lowest BCUT2D eigenvalue weighted by molar-refractivity contribution is 0.430. The minimum atomic E-state index is -3.85. The predicted octanol–water partition coefficient (Wildman–Crippen LogP) is 2.02. The Morgan fingerprint density at radius 1 is 1.39 bits per heavy atom. The molecule has 6 nitrogen and oxygen atoms in total. The topological polar surface area (TPSA) is 98.2 Å². The highest BCUT2D eigenvalue weighted by Gasteiger charge is 2.20. The van der Waals surface area contributed by atoms with Crippen molar-refractivity contribution in [2.24, 2.45) is 0 Å². The average molecular weight is 288 g/mol. The molecule has 0 aliphatic rings. The fourth-order valence-corrected chi connectivity index (χ4v) is 2.83. The number of aromatic nitrogens is 1. The molecule has 0 saturated heterocycles. The van der Waals surface area contributed by atoms with Gasteiger partial charge in [0.25, 0.3) is 10.0 Å². The number of hydrogen-bond acceptors (Lipinski definition) is 5. The summed E-state index contributed by atoms with van der Waals surface area (Å²) >= 11 is 5.83. The quantitative estimate of drug-likeness (QED) is 0.842. The van der Waals surface area contributed by atoms with Gasteiger partial charge in [0.2, 0.25) is 5.88 Å². The number of aryl methyl sites for hydroxylation is 1. The first-order chi connectivity index (χ1) is 8.38. The molecule has 0 amide bonds. The van der Waals surface area contributed by atoms with E-state index in [0.717, 1.165) is 0 Å². The van der Waals surface area contributed by atoms with E-state index in [9.17, 15) is 8.42 Å². The molecule has 0 fully saturated rings. The Kier molecular flexibility index (Phi) is 3.18. The summed E-state index contributed by atoms with van der Waals surface area (Å²) in [6.45, 7) is 1.68. The second-order valence-electron chi connectivity index (χ2n) is 3.63. The molecule has 2 rings (SSSR count). The first-order valence-electron chi connectivity index (χ1n) is 4.89. The van der Waals surface area contributed by atoms with Crippen LogP contribution in [0.2, 0.25) is 5.02 Å². The fourth-order valence-electron chi connectivity index (χ4n) is 1.32. The minimum Gasteiger partial charge on any atom is -0.399 e. The lowest BCUT2D eigenvalue weighted by atomic mass is 10.3. The molecule has 8 heteroatoms. The number of nitrogens with zero attached hydrogens (tertiary/aromatic N) is 1. The third-order valence-electron chi connectivity index (χ3n) is 2.11. The second-order valence-corrected chi connectivity index (χ2v) is 5.69. The molecule has 18 heavy (non-hydrogen) atoms. The standard InChI is InChI=1S/C10H10ClN3O3S/c1-6-4-10(17-13-6)14-18(15,16)9-5-7(12)2-3-8(9)11/h2-5,14H,12H2,1H3. The molecule has 0 spiro atoms. The molecule has 0 bridgehead atoms. The van der Waals surface area contributed by atoms with Gasteiger partial charge in [-0.15, -0.1) is 0 Å². The minimum absolute atomic E-state index is 0.0194. The number of anilines is 2. The van der Waals surface area contributed by atoms with Gasteiger partial charge in [0.05, 0.1) is 10.7 Å². The first kappa shape index (κ1) is 12.7. The Hall–Kier alpha value is -1.73. The summed E-state index contributed by atoms with van der Waals surface area (Å²) in [6, 6.07) is 5.66. The molecule has 1 aromatic carbocycles. The zero-order valence-corrected chi connectivity index (χ0v) is 10.9. The number of nitrogens with one attached hydrogen (secondary N) is 1. The van der Waals surface area contributed by atoms with E-state index in [1.807, 2.05) is 0 Å². The normalized spacial score (nSPS) is 11.4. The highest BCUT2D eigenvalue weighted by atomic mass is 35.5. The van der Waals surface area contributed by atoms with Gasteiger partial charge >= 0.3 is 0 Å². The average Bonchev–Trinajstić information content (AvgIpc) is 2.66. The Balaban J connectivity index is 2.39. The Morgan fingerprint density at radius 3 is 2.72 bits per heavy atom. The summed E-state index contributed by atoms with van der Waals surface area (Å²) in [5.74, 6) is 0.0194. The van der Waals surface area contributed by atoms with Crippen LogP contribution in [-0.4, -0.2) is 13.6 Å². The zero-order valence-electron chi connectivity index (χ0n) is 9.34. The molecule has 0 atom stereocenters. The Morgan fingerprint density at radius 2 is 2.11 bits per heavy atom. The van der Waals surface area contributed by atoms with Crippen LogP contribution in [0.5, 0.6) is 0 Å². The van der Waals surface area contributed by atoms with E-state index in [0.29, 0.717) is 11.4 Å². The van der Waals surface area contributed by atoms with Crippen LogP contribution in [0.3, 0.4) is 0 Å². The van der Waals surface area contributed by atoms with Gasteiger partial charge in [0.1, 0.15) is 4.90 Å². The van der Waals surface area contributed by atoms with Crippen molar-refractivity contribution in [3.63, 3.8) is 0 Å². The summed E-state index contributed by atoms with van der Waals surface area (Å²) in [6.07, 6.45) is 0. The fraction of sp³-hybridized carbons (Fsp3) is 0.100. The van der Waals surface area contributed by atoms with Crippen LogP contribution in [0, 0.1) is 6.92 Å². The van der Waals surface area contributed by atoms with Gasteiger partial charge in [0.15, 0.2) is 0 Å². The van der Waals surface area contributed by atoms with Crippen molar-refractivity contribution in [3.8, 4) is 0 Å². The van der Waals surface area contributed by atoms with Crippen molar-refractivity contribution < 1.29 is 12.9 Å². The molecule has 0 aliphatic carbocycles. The lowest BCUT2D eigenvalue weighted by Crippen LogP contribution is -2.13. The molecule has 0 unspecified atom stereocenters. The highest BCUT2D eigenvalue weighted by molar-refractivity contribution is 7.92. The molecule has 2 aromatic rings. The Bertz CT molecular complexity index is 681. The van der Waals surface area contributed by atoms with E-state index in [1.165, 1.54) is 24.3 Å². The number of benzene rings is 1.